The quantitative estimate of drug-likeness (QED) is 0.496. The molecule has 1 aromatic carbocycles. The van der Waals surface area contributed by atoms with Crippen molar-refractivity contribution in [3.05, 3.63) is 45.9 Å². The predicted octanol–water partition coefficient (Wildman–Crippen LogP) is 3.70. The van der Waals surface area contributed by atoms with Crippen molar-refractivity contribution in [1.82, 2.24) is 15.6 Å². The van der Waals surface area contributed by atoms with E-state index in [0.29, 0.717) is 24.7 Å². The highest BCUT2D eigenvalue weighted by atomic mass is 32.1. The van der Waals surface area contributed by atoms with Gasteiger partial charge in [-0.3, -0.25) is 5.32 Å². The van der Waals surface area contributed by atoms with Crippen molar-refractivity contribution in [3.63, 3.8) is 0 Å². The molecule has 27 heavy (non-hydrogen) atoms. The number of benzene rings is 1. The average Bonchev–Trinajstić information content (AvgIpc) is 3.14. The number of hydrogen-bond acceptors (Lipinski definition) is 5. The number of hydrogen-bond donors (Lipinski definition) is 3. The number of nitrogens with one attached hydrogen (secondary N) is 3. The molecule has 0 spiro atoms. The monoisotopic (exact) mass is 389 g/mol. The molecule has 3 N–H and O–H groups in total. The first-order chi connectivity index (χ1) is 13.0. The number of anilines is 1. The highest BCUT2D eigenvalue weighted by Crippen LogP contribution is 2.17. The third-order valence-corrected chi connectivity index (χ3v) is 4.58. The Hall–Kier alpha value is -2.61. The lowest BCUT2D eigenvalue weighted by atomic mass is 10.2. The Morgan fingerprint density at radius 1 is 1.26 bits per heavy atom. The van der Waals surface area contributed by atoms with E-state index in [4.69, 9.17) is 0 Å². The van der Waals surface area contributed by atoms with Gasteiger partial charge in [-0.1, -0.05) is 26.0 Å². The number of amides is 1. The molecule has 0 atom stereocenters. The van der Waals surface area contributed by atoms with E-state index in [0.717, 1.165) is 28.8 Å². The maximum atomic E-state index is 11.2. The van der Waals surface area contributed by atoms with E-state index in [2.05, 4.69) is 49.9 Å². The van der Waals surface area contributed by atoms with Gasteiger partial charge in [0.1, 0.15) is 5.01 Å². The zero-order chi connectivity index (χ0) is 19.6. The van der Waals surface area contributed by atoms with Crippen LogP contribution < -0.4 is 16.0 Å². The van der Waals surface area contributed by atoms with Crippen LogP contribution in [-0.4, -0.2) is 30.7 Å². The summed E-state index contributed by atoms with van der Waals surface area (Å²) in [6.45, 7) is 8.27. The number of methoxy groups -OCH3 is 1. The third kappa shape index (κ3) is 6.90. The molecule has 0 aliphatic rings. The number of nitrogens with zero attached hydrogens (tertiary/aromatic N) is 2. The fraction of sp³-hybridized carbons (Fsp3) is 0.421. The van der Waals surface area contributed by atoms with E-state index in [1.54, 1.807) is 11.3 Å². The first kappa shape index (κ1) is 20.7. The molecule has 8 heteroatoms. The standard InChI is InChI=1S/C19H27N5O2S/c1-5-20-18(22-11-17-24-16(12-27-17)13(2)3)21-10-14-6-8-15(9-7-14)23-19(25)26-4/h6-9,12-13H,5,10-11H2,1-4H3,(H,23,25)(H2,20,21,22). The smallest absolute Gasteiger partial charge is 0.411 e. The van der Waals surface area contributed by atoms with Gasteiger partial charge in [0.25, 0.3) is 0 Å². The second-order valence-electron chi connectivity index (χ2n) is 6.18. The summed E-state index contributed by atoms with van der Waals surface area (Å²) in [6, 6.07) is 7.50. The van der Waals surface area contributed by atoms with E-state index in [-0.39, 0.29) is 0 Å². The Balaban J connectivity index is 1.92. The fourth-order valence-electron chi connectivity index (χ4n) is 2.21. The minimum absolute atomic E-state index is 0.438. The Labute approximate surface area is 164 Å². The molecular weight excluding hydrogens is 362 g/mol. The van der Waals surface area contributed by atoms with Crippen LogP contribution in [0.15, 0.2) is 34.6 Å². The third-order valence-electron chi connectivity index (χ3n) is 3.72. The molecule has 1 aromatic heterocycles. The Bertz CT molecular complexity index is 756. The topological polar surface area (TPSA) is 87.6 Å². The van der Waals surface area contributed by atoms with Crippen molar-refractivity contribution in [2.75, 3.05) is 19.0 Å². The van der Waals surface area contributed by atoms with Crippen LogP contribution in [0.2, 0.25) is 0 Å². The van der Waals surface area contributed by atoms with Crippen LogP contribution in [0.25, 0.3) is 0 Å². The zero-order valence-corrected chi connectivity index (χ0v) is 17.0. The molecule has 0 aliphatic heterocycles. The molecule has 0 radical (unpaired) electrons. The summed E-state index contributed by atoms with van der Waals surface area (Å²) in [5.74, 6) is 1.18. The Morgan fingerprint density at radius 2 is 2.00 bits per heavy atom. The summed E-state index contributed by atoms with van der Waals surface area (Å²) in [5, 5.41) is 12.3. The molecule has 2 rings (SSSR count). The second kappa shape index (κ2) is 10.5. The summed E-state index contributed by atoms with van der Waals surface area (Å²) in [6.07, 6.45) is -0.484. The summed E-state index contributed by atoms with van der Waals surface area (Å²) in [7, 11) is 1.34. The lowest BCUT2D eigenvalue weighted by molar-refractivity contribution is 0.187. The molecule has 1 amide bonds. The van der Waals surface area contributed by atoms with E-state index >= 15 is 0 Å². The van der Waals surface area contributed by atoms with E-state index in [1.807, 2.05) is 31.2 Å². The van der Waals surface area contributed by atoms with E-state index < -0.39 is 6.09 Å². The minimum Gasteiger partial charge on any atom is -0.453 e. The number of rotatable bonds is 7. The summed E-state index contributed by atoms with van der Waals surface area (Å²) in [4.78, 5) is 20.4. The van der Waals surface area contributed by atoms with Gasteiger partial charge < -0.3 is 15.4 Å². The van der Waals surface area contributed by atoms with Crippen LogP contribution in [0.1, 0.15) is 43.0 Å². The van der Waals surface area contributed by atoms with Gasteiger partial charge in [-0.25, -0.2) is 14.8 Å². The highest BCUT2D eigenvalue weighted by Gasteiger charge is 2.06. The number of ether oxygens (including phenoxy) is 1. The average molecular weight is 390 g/mol. The van der Waals surface area contributed by atoms with E-state index in [9.17, 15) is 4.79 Å². The molecule has 0 aliphatic carbocycles. The first-order valence-corrected chi connectivity index (χ1v) is 9.80. The van der Waals surface area contributed by atoms with Crippen LogP contribution >= 0.6 is 11.3 Å². The number of thiazole rings is 1. The molecule has 2 aromatic rings. The maximum Gasteiger partial charge on any atom is 0.411 e. The van der Waals surface area contributed by atoms with Gasteiger partial charge in [0, 0.05) is 17.6 Å². The largest absolute Gasteiger partial charge is 0.453 e. The first-order valence-electron chi connectivity index (χ1n) is 8.92. The van der Waals surface area contributed by atoms with Gasteiger partial charge in [0.05, 0.1) is 25.9 Å². The van der Waals surface area contributed by atoms with Crippen molar-refractivity contribution in [1.29, 1.82) is 0 Å². The van der Waals surface area contributed by atoms with Gasteiger partial charge in [-0.05, 0) is 30.5 Å². The summed E-state index contributed by atoms with van der Waals surface area (Å²) in [5.41, 5.74) is 2.85. The second-order valence-corrected chi connectivity index (χ2v) is 7.13. The summed E-state index contributed by atoms with van der Waals surface area (Å²) >= 11 is 1.66. The van der Waals surface area contributed by atoms with Crippen LogP contribution in [0.4, 0.5) is 10.5 Å². The minimum atomic E-state index is -0.484. The van der Waals surface area contributed by atoms with Crippen LogP contribution in [-0.2, 0) is 17.8 Å². The SMILES string of the molecule is CCNC(=NCc1ccc(NC(=O)OC)cc1)NCc1nc(C(C)C)cs1. The molecule has 0 fully saturated rings. The van der Waals surface area contributed by atoms with Crippen molar-refractivity contribution in [2.24, 2.45) is 4.99 Å². The van der Waals surface area contributed by atoms with Crippen LogP contribution in [0, 0.1) is 0 Å². The molecule has 0 unspecified atom stereocenters. The molecule has 0 saturated carbocycles. The molecule has 146 valence electrons. The Kier molecular flexibility index (Phi) is 8.06. The fourth-order valence-corrected chi connectivity index (χ4v) is 3.10. The van der Waals surface area contributed by atoms with Crippen molar-refractivity contribution >= 4 is 29.1 Å². The predicted molar refractivity (Wildman–Crippen MR) is 110 cm³/mol. The Morgan fingerprint density at radius 3 is 2.59 bits per heavy atom. The van der Waals surface area contributed by atoms with Gasteiger partial charge >= 0.3 is 6.09 Å². The van der Waals surface area contributed by atoms with Gasteiger partial charge in [0.2, 0.25) is 0 Å². The molecular formula is C19H27N5O2S. The molecule has 0 bridgehead atoms. The molecule has 0 saturated heterocycles. The van der Waals surface area contributed by atoms with Gasteiger partial charge in [0.15, 0.2) is 5.96 Å². The van der Waals surface area contributed by atoms with Gasteiger partial charge in [-0.2, -0.15) is 0 Å². The number of aromatic nitrogens is 1. The molecule has 1 heterocycles. The lowest BCUT2D eigenvalue weighted by Crippen LogP contribution is -2.36. The maximum absolute atomic E-state index is 11.2. The van der Waals surface area contributed by atoms with Crippen LogP contribution in [0.3, 0.4) is 0 Å². The zero-order valence-electron chi connectivity index (χ0n) is 16.2. The van der Waals surface area contributed by atoms with Gasteiger partial charge in [-0.15, -0.1) is 11.3 Å². The number of aliphatic imine (C=N–C) groups is 1. The van der Waals surface area contributed by atoms with Crippen molar-refractivity contribution < 1.29 is 9.53 Å². The number of carbonyl (C=O) groups excluding carboxylic acids is 1. The van der Waals surface area contributed by atoms with E-state index in [1.165, 1.54) is 7.11 Å². The lowest BCUT2D eigenvalue weighted by Gasteiger charge is -2.10. The highest BCUT2D eigenvalue weighted by molar-refractivity contribution is 7.09. The van der Waals surface area contributed by atoms with Crippen LogP contribution in [0.5, 0.6) is 0 Å². The molecule has 7 nitrogen and oxygen atoms in total. The summed E-state index contributed by atoms with van der Waals surface area (Å²) < 4.78 is 4.58. The number of guanidine groups is 1. The number of carbonyl (C=O) groups is 1. The van der Waals surface area contributed by atoms with Crippen molar-refractivity contribution in [3.8, 4) is 0 Å². The normalized spacial score (nSPS) is 11.4. The van der Waals surface area contributed by atoms with Crippen molar-refractivity contribution in [2.45, 2.75) is 39.8 Å².